The number of nitrogens with zero attached hydrogens (tertiary/aromatic N) is 3. The molecule has 1 heterocycles. The van der Waals surface area contributed by atoms with E-state index in [0.717, 1.165) is 38.0 Å². The molecular weight excluding hydrogens is 238 g/mol. The van der Waals surface area contributed by atoms with E-state index in [4.69, 9.17) is 10.5 Å². The monoisotopic (exact) mass is 257 g/mol. The Balaban J connectivity index is 2.51. The van der Waals surface area contributed by atoms with Crippen molar-refractivity contribution < 1.29 is 5.11 Å². The Kier molecular flexibility index (Phi) is 3.53. The Morgan fingerprint density at radius 2 is 1.74 bits per heavy atom. The lowest BCUT2D eigenvalue weighted by Crippen LogP contribution is -2.30. The van der Waals surface area contributed by atoms with Gasteiger partial charge in [-0.15, -0.1) is 0 Å². The molecule has 2 aliphatic rings. The van der Waals surface area contributed by atoms with Crippen molar-refractivity contribution in [1.29, 1.82) is 10.5 Å². The van der Waals surface area contributed by atoms with Crippen LogP contribution in [0.25, 0.3) is 0 Å². The lowest BCUT2D eigenvalue weighted by Gasteiger charge is -2.36. The van der Waals surface area contributed by atoms with E-state index in [0.29, 0.717) is 12.0 Å². The lowest BCUT2D eigenvalue weighted by molar-refractivity contribution is 0.246. The van der Waals surface area contributed by atoms with Gasteiger partial charge >= 0.3 is 0 Å². The van der Waals surface area contributed by atoms with Crippen molar-refractivity contribution in [2.75, 3.05) is 13.1 Å². The van der Waals surface area contributed by atoms with Crippen molar-refractivity contribution in [3.63, 3.8) is 0 Å². The van der Waals surface area contributed by atoms with Crippen LogP contribution in [0.5, 0.6) is 0 Å². The van der Waals surface area contributed by atoms with Gasteiger partial charge in [0.25, 0.3) is 0 Å². The highest BCUT2D eigenvalue weighted by Gasteiger charge is 2.35. The molecule has 4 heteroatoms. The zero-order valence-corrected chi connectivity index (χ0v) is 11.5. The van der Waals surface area contributed by atoms with Crippen molar-refractivity contribution in [2.24, 2.45) is 5.41 Å². The third kappa shape index (κ3) is 2.58. The van der Waals surface area contributed by atoms with Gasteiger partial charge < -0.3 is 10.0 Å². The molecule has 1 aliphatic carbocycles. The molecule has 0 aromatic rings. The van der Waals surface area contributed by atoms with Gasteiger partial charge in [0.05, 0.1) is 5.70 Å². The fraction of sp³-hybridized carbons (Fsp3) is 0.600. The van der Waals surface area contributed by atoms with Gasteiger partial charge in [0.2, 0.25) is 0 Å². The van der Waals surface area contributed by atoms with E-state index in [9.17, 15) is 5.11 Å². The van der Waals surface area contributed by atoms with E-state index < -0.39 is 0 Å². The number of aliphatic hydroxyl groups is 1. The van der Waals surface area contributed by atoms with Crippen LogP contribution in [-0.2, 0) is 0 Å². The van der Waals surface area contributed by atoms with Crippen LogP contribution >= 0.6 is 0 Å². The lowest BCUT2D eigenvalue weighted by atomic mass is 9.75. The summed E-state index contributed by atoms with van der Waals surface area (Å²) >= 11 is 0. The molecule has 1 fully saturated rings. The fourth-order valence-corrected chi connectivity index (χ4v) is 2.95. The van der Waals surface area contributed by atoms with Crippen LogP contribution in [-0.4, -0.2) is 23.1 Å². The van der Waals surface area contributed by atoms with E-state index in [2.05, 4.69) is 18.7 Å². The van der Waals surface area contributed by atoms with Gasteiger partial charge in [-0.3, -0.25) is 0 Å². The Morgan fingerprint density at radius 3 is 2.26 bits per heavy atom. The number of hydrogen-bond donors (Lipinski definition) is 1. The topological polar surface area (TPSA) is 71.0 Å². The molecule has 19 heavy (non-hydrogen) atoms. The molecule has 0 radical (unpaired) electrons. The van der Waals surface area contributed by atoms with Crippen LogP contribution in [0, 0.1) is 28.1 Å². The molecule has 0 aromatic carbocycles. The molecular formula is C15H19N3O. The molecule has 1 N–H and O–H groups in total. The average molecular weight is 257 g/mol. The molecule has 0 aromatic heterocycles. The van der Waals surface area contributed by atoms with Crippen molar-refractivity contribution >= 4 is 0 Å². The maximum Gasteiger partial charge on any atom is 0.139 e. The molecule has 0 unspecified atom stereocenters. The van der Waals surface area contributed by atoms with E-state index in [-0.39, 0.29) is 16.7 Å². The minimum absolute atomic E-state index is 0.0293. The van der Waals surface area contributed by atoms with E-state index in [1.165, 1.54) is 0 Å². The number of likely N-dealkylation sites (tertiary alicyclic amines) is 1. The maximum absolute atomic E-state index is 10.4. The van der Waals surface area contributed by atoms with E-state index in [1.54, 1.807) is 0 Å². The van der Waals surface area contributed by atoms with Crippen LogP contribution < -0.4 is 0 Å². The molecule has 1 aliphatic heterocycles. The summed E-state index contributed by atoms with van der Waals surface area (Å²) in [6.07, 6.45) is 3.65. The molecule has 100 valence electrons. The summed E-state index contributed by atoms with van der Waals surface area (Å²) in [6.45, 7) is 6.14. The number of aliphatic hydroxyl groups excluding tert-OH is 1. The molecule has 0 spiro atoms. The van der Waals surface area contributed by atoms with Gasteiger partial charge in [0.1, 0.15) is 23.5 Å². The quantitative estimate of drug-likeness (QED) is 0.733. The third-order valence-electron chi connectivity index (χ3n) is 3.87. The number of allylic oxidation sites excluding steroid dienone is 3. The highest BCUT2D eigenvalue weighted by molar-refractivity contribution is 5.49. The molecule has 0 saturated carbocycles. The summed E-state index contributed by atoms with van der Waals surface area (Å²) in [7, 11) is 0. The van der Waals surface area contributed by atoms with Gasteiger partial charge in [0, 0.05) is 18.7 Å². The zero-order chi connectivity index (χ0) is 14.0. The van der Waals surface area contributed by atoms with Crippen LogP contribution in [0.4, 0.5) is 0 Å². The molecule has 0 atom stereocenters. The summed E-state index contributed by atoms with van der Waals surface area (Å²) in [5.41, 5.74) is 1.44. The second-order valence-electron chi connectivity index (χ2n) is 6.08. The van der Waals surface area contributed by atoms with Gasteiger partial charge in [-0.1, -0.05) is 13.8 Å². The summed E-state index contributed by atoms with van der Waals surface area (Å²) in [6, 6.07) is 3.81. The van der Waals surface area contributed by atoms with Crippen LogP contribution in [0.3, 0.4) is 0 Å². The predicted octanol–water partition coefficient (Wildman–Crippen LogP) is 3.02. The van der Waals surface area contributed by atoms with Crippen molar-refractivity contribution in [1.82, 2.24) is 4.90 Å². The standard InChI is InChI=1S/C15H19N3O/c1-15(2)7-12(11(9-16)10-17)14(19)13(8-15)18-5-3-4-6-18/h19H,3-8H2,1-2H3. The van der Waals surface area contributed by atoms with Crippen molar-refractivity contribution in [3.8, 4) is 12.1 Å². The highest BCUT2D eigenvalue weighted by Crippen LogP contribution is 2.43. The second kappa shape index (κ2) is 4.97. The first-order valence-electron chi connectivity index (χ1n) is 6.69. The average Bonchev–Trinajstić information content (AvgIpc) is 2.88. The zero-order valence-electron chi connectivity index (χ0n) is 11.5. The minimum atomic E-state index is -0.0293. The van der Waals surface area contributed by atoms with Gasteiger partial charge in [-0.25, -0.2) is 0 Å². The van der Waals surface area contributed by atoms with E-state index in [1.807, 2.05) is 12.1 Å². The minimum Gasteiger partial charge on any atom is -0.506 e. The summed E-state index contributed by atoms with van der Waals surface area (Å²) < 4.78 is 0. The number of hydrogen-bond acceptors (Lipinski definition) is 4. The number of rotatable bonds is 1. The van der Waals surface area contributed by atoms with Crippen LogP contribution in [0.1, 0.15) is 39.5 Å². The summed E-state index contributed by atoms with van der Waals surface area (Å²) in [5, 5.41) is 28.5. The first-order valence-corrected chi connectivity index (χ1v) is 6.69. The first-order chi connectivity index (χ1) is 8.98. The highest BCUT2D eigenvalue weighted by atomic mass is 16.3. The SMILES string of the molecule is CC1(C)CC(=C(C#N)C#N)C(O)=C(N2CCCC2)C1. The normalized spacial score (nSPS) is 22.1. The van der Waals surface area contributed by atoms with Gasteiger partial charge in [-0.2, -0.15) is 10.5 Å². The molecule has 0 bridgehead atoms. The second-order valence-corrected chi connectivity index (χ2v) is 6.08. The smallest absolute Gasteiger partial charge is 0.139 e. The Morgan fingerprint density at radius 1 is 1.16 bits per heavy atom. The Bertz CT molecular complexity index is 507. The Labute approximate surface area is 114 Å². The molecule has 4 nitrogen and oxygen atoms in total. The predicted molar refractivity (Wildman–Crippen MR) is 71.7 cm³/mol. The Hall–Kier alpha value is -1.94. The summed E-state index contributed by atoms with van der Waals surface area (Å²) in [4.78, 5) is 2.20. The fourth-order valence-electron chi connectivity index (χ4n) is 2.95. The van der Waals surface area contributed by atoms with Crippen molar-refractivity contribution in [2.45, 2.75) is 39.5 Å². The van der Waals surface area contributed by atoms with Crippen LogP contribution in [0.2, 0.25) is 0 Å². The van der Waals surface area contributed by atoms with Gasteiger partial charge in [-0.05, 0) is 31.1 Å². The largest absolute Gasteiger partial charge is 0.506 e. The van der Waals surface area contributed by atoms with Crippen molar-refractivity contribution in [3.05, 3.63) is 22.6 Å². The summed E-state index contributed by atoms with van der Waals surface area (Å²) in [5.74, 6) is 0.166. The molecule has 0 amide bonds. The first kappa shape index (κ1) is 13.5. The molecule has 2 rings (SSSR count). The van der Waals surface area contributed by atoms with Gasteiger partial charge in [0.15, 0.2) is 0 Å². The maximum atomic E-state index is 10.4. The van der Waals surface area contributed by atoms with Crippen LogP contribution in [0.15, 0.2) is 22.6 Å². The third-order valence-corrected chi connectivity index (χ3v) is 3.87. The number of nitriles is 2. The molecule has 1 saturated heterocycles. The van der Waals surface area contributed by atoms with E-state index >= 15 is 0 Å².